The fraction of sp³-hybridized carbons (Fsp3) is 0.680. The van der Waals surface area contributed by atoms with Gasteiger partial charge in [-0.05, 0) is 56.9 Å². The van der Waals surface area contributed by atoms with E-state index < -0.39 is 5.54 Å². The van der Waals surface area contributed by atoms with Crippen molar-refractivity contribution in [1.29, 1.82) is 0 Å². The highest BCUT2D eigenvalue weighted by molar-refractivity contribution is 5.78. The van der Waals surface area contributed by atoms with Crippen LogP contribution in [0.25, 0.3) is 0 Å². The van der Waals surface area contributed by atoms with Crippen LogP contribution in [0.1, 0.15) is 63.4 Å². The largest absolute Gasteiger partial charge is 0.378 e. The monoisotopic (exact) mass is 443 g/mol. The van der Waals surface area contributed by atoms with E-state index >= 15 is 0 Å². The van der Waals surface area contributed by atoms with Gasteiger partial charge in [0.2, 0.25) is 5.91 Å². The van der Waals surface area contributed by atoms with Crippen molar-refractivity contribution in [1.82, 2.24) is 15.5 Å². The Kier molecular flexibility index (Phi) is 7.68. The Morgan fingerprint density at radius 2 is 2.03 bits per heavy atom. The number of carbonyl (C=O) groups excluding carboxylic acids is 2. The summed E-state index contributed by atoms with van der Waals surface area (Å²) in [5.74, 6) is 0.590. The number of likely N-dealkylation sites (tertiary alicyclic amines) is 1. The van der Waals surface area contributed by atoms with E-state index in [1.165, 1.54) is 5.56 Å². The molecule has 176 valence electrons. The Morgan fingerprint density at radius 3 is 2.78 bits per heavy atom. The molecular weight excluding hydrogens is 406 g/mol. The first-order chi connectivity index (χ1) is 15.6. The van der Waals surface area contributed by atoms with Gasteiger partial charge in [-0.3, -0.25) is 4.79 Å². The molecule has 1 aromatic carbocycles. The smallest absolute Gasteiger partial charge is 0.317 e. The van der Waals surface area contributed by atoms with Crippen LogP contribution in [0.2, 0.25) is 0 Å². The molecule has 0 radical (unpaired) electrons. The van der Waals surface area contributed by atoms with Gasteiger partial charge in [0.25, 0.3) is 0 Å². The molecule has 1 saturated carbocycles. The lowest BCUT2D eigenvalue weighted by atomic mass is 9.81. The van der Waals surface area contributed by atoms with Crippen molar-refractivity contribution in [3.05, 3.63) is 35.9 Å². The fourth-order valence-electron chi connectivity index (χ4n) is 5.56. The Balaban J connectivity index is 1.42. The Morgan fingerprint density at radius 1 is 1.25 bits per heavy atom. The molecule has 3 amide bonds. The highest BCUT2D eigenvalue weighted by Crippen LogP contribution is 2.35. The first-order valence-electron chi connectivity index (χ1n) is 12.2. The van der Waals surface area contributed by atoms with E-state index in [9.17, 15) is 9.59 Å². The summed E-state index contributed by atoms with van der Waals surface area (Å²) in [4.78, 5) is 27.1. The molecule has 2 saturated heterocycles. The number of urea groups is 1. The molecule has 1 aliphatic carbocycles. The number of hydrogen-bond acceptors (Lipinski definition) is 4. The van der Waals surface area contributed by atoms with Crippen LogP contribution >= 0.6 is 0 Å². The number of piperidine rings is 1. The molecule has 2 N–H and O–H groups in total. The average molecular weight is 444 g/mol. The lowest BCUT2D eigenvalue weighted by Crippen LogP contribution is -2.70. The molecule has 3 fully saturated rings. The number of hydrogen-bond donors (Lipinski definition) is 2. The van der Waals surface area contributed by atoms with Gasteiger partial charge in [0, 0.05) is 19.5 Å². The molecular formula is C25H37N3O4. The van der Waals surface area contributed by atoms with Crippen molar-refractivity contribution in [3.63, 3.8) is 0 Å². The second-order valence-corrected chi connectivity index (χ2v) is 9.37. The summed E-state index contributed by atoms with van der Waals surface area (Å²) in [6, 6.07) is 10.4. The average Bonchev–Trinajstić information content (AvgIpc) is 3.00. The standard InChI is InChI=1S/C25H37N3O4/c1-2-26-24(30)28-15-6-14-25(18-31-16-13-23(29)27-25)22(28)17-32-21-11-9-20(10-12-21)19-7-4-3-5-8-19/h3-5,7-8,20-22H,2,6,9-18H2,1H3,(H,26,30)(H,27,29)/t20?,21?,22-,25+/m1/s1. The minimum Gasteiger partial charge on any atom is -0.378 e. The van der Waals surface area contributed by atoms with Gasteiger partial charge in [-0.1, -0.05) is 30.3 Å². The van der Waals surface area contributed by atoms with Crippen molar-refractivity contribution in [2.24, 2.45) is 0 Å². The van der Waals surface area contributed by atoms with Crippen LogP contribution < -0.4 is 10.6 Å². The minimum atomic E-state index is -0.585. The molecule has 0 bridgehead atoms. The van der Waals surface area contributed by atoms with E-state index in [2.05, 4.69) is 41.0 Å². The third kappa shape index (κ3) is 5.26. The second kappa shape index (κ2) is 10.7. The summed E-state index contributed by atoms with van der Waals surface area (Å²) in [5, 5.41) is 6.16. The van der Waals surface area contributed by atoms with Crippen LogP contribution in [0.5, 0.6) is 0 Å². The van der Waals surface area contributed by atoms with E-state index in [1.54, 1.807) is 0 Å². The summed E-state index contributed by atoms with van der Waals surface area (Å²) in [6.45, 7) is 4.42. The van der Waals surface area contributed by atoms with E-state index in [4.69, 9.17) is 9.47 Å². The van der Waals surface area contributed by atoms with E-state index in [0.29, 0.717) is 45.2 Å². The van der Waals surface area contributed by atoms with Crippen LogP contribution in [0.15, 0.2) is 30.3 Å². The van der Waals surface area contributed by atoms with E-state index in [-0.39, 0.29) is 24.1 Å². The summed E-state index contributed by atoms with van der Waals surface area (Å²) in [6.07, 6.45) is 6.44. The van der Waals surface area contributed by atoms with Crippen molar-refractivity contribution in [2.45, 2.75) is 75.5 Å². The molecule has 32 heavy (non-hydrogen) atoms. The van der Waals surface area contributed by atoms with Gasteiger partial charge in [-0.25, -0.2) is 4.79 Å². The van der Waals surface area contributed by atoms with Crippen molar-refractivity contribution in [3.8, 4) is 0 Å². The molecule has 4 rings (SSSR count). The maximum absolute atomic E-state index is 12.9. The molecule has 1 aromatic rings. The Labute approximate surface area is 191 Å². The zero-order valence-corrected chi connectivity index (χ0v) is 19.2. The van der Waals surface area contributed by atoms with Gasteiger partial charge in [0.05, 0.1) is 37.5 Å². The number of benzene rings is 1. The molecule has 7 nitrogen and oxygen atoms in total. The molecule has 2 aliphatic heterocycles. The summed E-state index contributed by atoms with van der Waals surface area (Å²) in [7, 11) is 0. The molecule has 3 aliphatic rings. The zero-order chi connectivity index (χ0) is 22.4. The number of carbonyl (C=O) groups is 2. The fourth-order valence-corrected chi connectivity index (χ4v) is 5.56. The molecule has 0 unspecified atom stereocenters. The molecule has 0 aromatic heterocycles. The third-order valence-corrected chi connectivity index (χ3v) is 7.28. The van der Waals surface area contributed by atoms with Crippen LogP contribution in [0, 0.1) is 0 Å². The van der Waals surface area contributed by atoms with Gasteiger partial charge < -0.3 is 25.0 Å². The Bertz CT molecular complexity index is 766. The number of amides is 3. The second-order valence-electron chi connectivity index (χ2n) is 9.37. The zero-order valence-electron chi connectivity index (χ0n) is 19.2. The number of nitrogens with zero attached hydrogens (tertiary/aromatic N) is 1. The topological polar surface area (TPSA) is 79.9 Å². The summed E-state index contributed by atoms with van der Waals surface area (Å²) >= 11 is 0. The van der Waals surface area contributed by atoms with Crippen molar-refractivity contribution in [2.75, 3.05) is 32.9 Å². The molecule has 2 atom stereocenters. The molecule has 2 heterocycles. The van der Waals surface area contributed by atoms with Crippen LogP contribution in [0.3, 0.4) is 0 Å². The number of rotatable bonds is 5. The number of ether oxygens (including phenoxy) is 2. The molecule has 1 spiro atoms. The van der Waals surface area contributed by atoms with Crippen LogP contribution in [-0.2, 0) is 14.3 Å². The maximum Gasteiger partial charge on any atom is 0.317 e. The van der Waals surface area contributed by atoms with Crippen molar-refractivity contribution < 1.29 is 19.1 Å². The predicted molar refractivity (Wildman–Crippen MR) is 123 cm³/mol. The highest BCUT2D eigenvalue weighted by atomic mass is 16.5. The van der Waals surface area contributed by atoms with Crippen LogP contribution in [0.4, 0.5) is 4.79 Å². The van der Waals surface area contributed by atoms with Crippen molar-refractivity contribution >= 4 is 11.9 Å². The molecule has 7 heteroatoms. The predicted octanol–water partition coefficient (Wildman–Crippen LogP) is 3.20. The lowest BCUT2D eigenvalue weighted by Gasteiger charge is -2.49. The maximum atomic E-state index is 12.9. The quantitative estimate of drug-likeness (QED) is 0.733. The first-order valence-corrected chi connectivity index (χ1v) is 12.2. The SMILES string of the molecule is CCNC(=O)N1CCC[C@]2(COCCC(=O)N2)[C@H]1COC1CCC(c2ccccc2)CC1. The number of nitrogens with one attached hydrogen (secondary N) is 2. The summed E-state index contributed by atoms with van der Waals surface area (Å²) < 4.78 is 12.3. The third-order valence-electron chi connectivity index (χ3n) is 7.28. The minimum absolute atomic E-state index is 0.00591. The van der Waals surface area contributed by atoms with Gasteiger partial charge in [0.15, 0.2) is 0 Å². The van der Waals surface area contributed by atoms with Gasteiger partial charge in [-0.15, -0.1) is 0 Å². The highest BCUT2D eigenvalue weighted by Gasteiger charge is 2.49. The van der Waals surface area contributed by atoms with Gasteiger partial charge in [-0.2, -0.15) is 0 Å². The van der Waals surface area contributed by atoms with Gasteiger partial charge in [0.1, 0.15) is 0 Å². The first kappa shape index (κ1) is 23.1. The summed E-state index contributed by atoms with van der Waals surface area (Å²) in [5.41, 5.74) is 0.830. The van der Waals surface area contributed by atoms with Crippen LogP contribution in [-0.4, -0.2) is 67.4 Å². The Hall–Kier alpha value is -2.12. The van der Waals surface area contributed by atoms with E-state index in [1.807, 2.05) is 11.8 Å². The lowest BCUT2D eigenvalue weighted by molar-refractivity contribution is -0.124. The normalized spacial score (nSPS) is 31.1. The van der Waals surface area contributed by atoms with E-state index in [0.717, 1.165) is 38.5 Å². The van der Waals surface area contributed by atoms with Gasteiger partial charge >= 0.3 is 6.03 Å².